The van der Waals surface area contributed by atoms with Crippen molar-refractivity contribution in [2.45, 2.75) is 130 Å². The molecular formula is C42H74Cl2N2O4. The molecular weight excluding hydrogens is 667 g/mol. The molecule has 6 nitrogen and oxygen atoms in total. The van der Waals surface area contributed by atoms with Gasteiger partial charge in [0.05, 0.1) is 39.5 Å². The Kier molecular flexibility index (Phi) is 29.5. The van der Waals surface area contributed by atoms with Crippen molar-refractivity contribution in [2.75, 3.05) is 65.7 Å². The lowest BCUT2D eigenvalue weighted by Gasteiger charge is -2.38. The lowest BCUT2D eigenvalue weighted by Crippen LogP contribution is -3.00. The van der Waals surface area contributed by atoms with Crippen LogP contribution in [0.5, 0.6) is 0 Å². The summed E-state index contributed by atoms with van der Waals surface area (Å²) in [4.78, 5) is 0. The number of aliphatic hydroxyl groups excluding tert-OH is 4. The molecule has 50 heavy (non-hydrogen) atoms. The van der Waals surface area contributed by atoms with Crippen molar-refractivity contribution in [1.82, 2.24) is 0 Å². The minimum atomic E-state index is 0. The molecule has 0 aliphatic rings. The van der Waals surface area contributed by atoms with Gasteiger partial charge < -0.3 is 54.2 Å². The van der Waals surface area contributed by atoms with Gasteiger partial charge in [-0.2, -0.15) is 0 Å². The third-order valence-electron chi connectivity index (χ3n) is 10.5. The normalized spacial score (nSPS) is 11.7. The van der Waals surface area contributed by atoms with E-state index in [1.807, 2.05) is 0 Å². The highest BCUT2D eigenvalue weighted by Crippen LogP contribution is 2.25. The number of halogens is 2. The van der Waals surface area contributed by atoms with Gasteiger partial charge in [-0.3, -0.25) is 0 Å². The Morgan fingerprint density at radius 2 is 0.620 bits per heavy atom. The average molecular weight is 742 g/mol. The number of nitrogens with zero attached hydrogens (tertiary/aromatic N) is 2. The molecule has 4 N–H and O–H groups in total. The lowest BCUT2D eigenvalue weighted by atomic mass is 10.0. The van der Waals surface area contributed by atoms with Crippen molar-refractivity contribution < 1.29 is 54.2 Å². The Labute approximate surface area is 319 Å². The molecule has 2 aromatic rings. The summed E-state index contributed by atoms with van der Waals surface area (Å²) >= 11 is 0. The van der Waals surface area contributed by atoms with Crippen LogP contribution in [0.1, 0.15) is 128 Å². The molecule has 290 valence electrons. The number of rotatable bonds is 31. The molecule has 0 radical (unpaired) electrons. The van der Waals surface area contributed by atoms with E-state index >= 15 is 0 Å². The van der Waals surface area contributed by atoms with Gasteiger partial charge in [0.15, 0.2) is 0 Å². The SMILES string of the molecule is CCCCCCCCCC[N+](CCO)(CCO)Cc1ccc(-c2ccc(C[N+](CCO)(CCO)CCCCCCCCCC)cc2)cc1.[Cl-].[Cl-]. The molecule has 0 amide bonds. The smallest absolute Gasteiger partial charge is 0.104 e. The van der Waals surface area contributed by atoms with E-state index in [2.05, 4.69) is 62.4 Å². The molecule has 0 unspecified atom stereocenters. The van der Waals surface area contributed by atoms with E-state index < -0.39 is 0 Å². The zero-order chi connectivity index (χ0) is 34.8. The van der Waals surface area contributed by atoms with Crippen molar-refractivity contribution in [1.29, 1.82) is 0 Å². The van der Waals surface area contributed by atoms with Crippen molar-refractivity contribution in [3.05, 3.63) is 59.7 Å². The van der Waals surface area contributed by atoms with E-state index in [1.54, 1.807) is 0 Å². The minimum absolute atomic E-state index is 0. The number of benzene rings is 2. The summed E-state index contributed by atoms with van der Waals surface area (Å²) in [6, 6.07) is 17.7. The van der Waals surface area contributed by atoms with E-state index in [4.69, 9.17) is 0 Å². The van der Waals surface area contributed by atoms with Gasteiger partial charge in [-0.05, 0) is 36.8 Å². The molecule has 0 saturated carbocycles. The maximum Gasteiger partial charge on any atom is 0.104 e. The summed E-state index contributed by atoms with van der Waals surface area (Å²) in [5, 5.41) is 39.8. The Morgan fingerprint density at radius 1 is 0.360 bits per heavy atom. The standard InChI is InChI=1S/C42H74N2O4.2ClH/c1-3-5-7-9-11-13-15-17-27-43(29-33-45,30-34-46)37-39-19-23-41(24-20-39)42-25-21-40(22-26-42)38-44(31-35-47,32-36-48)28-18-16-14-12-10-8-6-4-2;;/h19-26,45-48H,3-18,27-38H2,1-2H3;2*1H/q+2;;/p-2. The molecule has 0 aromatic heterocycles. The van der Waals surface area contributed by atoms with Crippen molar-refractivity contribution in [2.24, 2.45) is 0 Å². The second kappa shape index (κ2) is 30.3. The first-order valence-corrected chi connectivity index (χ1v) is 19.8. The fraction of sp³-hybridized carbons (Fsp3) is 0.714. The summed E-state index contributed by atoms with van der Waals surface area (Å²) in [6.07, 6.45) is 20.5. The van der Waals surface area contributed by atoms with Crippen LogP contribution < -0.4 is 24.8 Å². The zero-order valence-electron chi connectivity index (χ0n) is 31.9. The van der Waals surface area contributed by atoms with Crippen LogP contribution in [-0.4, -0.2) is 95.1 Å². The maximum atomic E-state index is 9.95. The molecule has 2 rings (SSSR count). The monoisotopic (exact) mass is 741 g/mol. The molecule has 0 fully saturated rings. The first kappa shape index (κ1) is 48.8. The highest BCUT2D eigenvalue weighted by molar-refractivity contribution is 5.63. The number of hydrogen-bond acceptors (Lipinski definition) is 4. The van der Waals surface area contributed by atoms with Gasteiger partial charge in [0, 0.05) is 11.1 Å². The van der Waals surface area contributed by atoms with E-state index in [1.165, 1.54) is 112 Å². The molecule has 8 heteroatoms. The number of quaternary nitrogens is 2. The summed E-state index contributed by atoms with van der Waals surface area (Å²) in [5.74, 6) is 0. The number of hydrogen-bond donors (Lipinski definition) is 4. The predicted octanol–water partition coefficient (Wildman–Crippen LogP) is 2.25. The van der Waals surface area contributed by atoms with Crippen molar-refractivity contribution in [3.8, 4) is 11.1 Å². The van der Waals surface area contributed by atoms with E-state index in [9.17, 15) is 20.4 Å². The first-order valence-electron chi connectivity index (χ1n) is 19.8. The Bertz CT molecular complexity index is 944. The van der Waals surface area contributed by atoms with E-state index in [0.29, 0.717) is 26.2 Å². The van der Waals surface area contributed by atoms with Crippen LogP contribution in [0.15, 0.2) is 48.5 Å². The van der Waals surface area contributed by atoms with Crippen LogP contribution in [-0.2, 0) is 13.1 Å². The summed E-state index contributed by atoms with van der Waals surface area (Å²) in [7, 11) is 0. The number of unbranched alkanes of at least 4 members (excludes halogenated alkanes) is 14. The van der Waals surface area contributed by atoms with Gasteiger partial charge in [-0.15, -0.1) is 0 Å². The second-order valence-electron chi connectivity index (χ2n) is 14.6. The van der Waals surface area contributed by atoms with Crippen LogP contribution in [0, 0.1) is 0 Å². The van der Waals surface area contributed by atoms with E-state index in [0.717, 1.165) is 48.0 Å². The molecule has 0 spiro atoms. The van der Waals surface area contributed by atoms with Crippen molar-refractivity contribution >= 4 is 0 Å². The Morgan fingerprint density at radius 3 is 0.880 bits per heavy atom. The van der Waals surface area contributed by atoms with Gasteiger partial charge in [0.25, 0.3) is 0 Å². The number of aliphatic hydroxyl groups is 4. The third kappa shape index (κ3) is 19.6. The molecule has 0 aliphatic heterocycles. The highest BCUT2D eigenvalue weighted by Gasteiger charge is 2.28. The minimum Gasteiger partial charge on any atom is -1.00 e. The summed E-state index contributed by atoms with van der Waals surface area (Å²) in [6.45, 7) is 11.4. The molecule has 0 bridgehead atoms. The molecule has 2 aromatic carbocycles. The predicted molar refractivity (Wildman–Crippen MR) is 203 cm³/mol. The summed E-state index contributed by atoms with van der Waals surface area (Å²) in [5.41, 5.74) is 4.85. The first-order chi connectivity index (χ1) is 23.5. The van der Waals surface area contributed by atoms with Gasteiger partial charge in [-0.25, -0.2) is 0 Å². The van der Waals surface area contributed by atoms with Crippen LogP contribution >= 0.6 is 0 Å². The van der Waals surface area contributed by atoms with E-state index in [-0.39, 0.29) is 51.2 Å². The van der Waals surface area contributed by atoms with Crippen LogP contribution in [0.25, 0.3) is 11.1 Å². The molecule has 0 saturated heterocycles. The Hall–Kier alpha value is -1.22. The van der Waals surface area contributed by atoms with Gasteiger partial charge in [0.2, 0.25) is 0 Å². The fourth-order valence-electron chi connectivity index (χ4n) is 7.54. The van der Waals surface area contributed by atoms with Gasteiger partial charge in [-0.1, -0.05) is 139 Å². The third-order valence-corrected chi connectivity index (χ3v) is 10.5. The largest absolute Gasteiger partial charge is 1.00 e. The maximum absolute atomic E-state index is 9.95. The van der Waals surface area contributed by atoms with Crippen LogP contribution in [0.2, 0.25) is 0 Å². The van der Waals surface area contributed by atoms with Crippen LogP contribution in [0.4, 0.5) is 0 Å². The average Bonchev–Trinajstić information content (AvgIpc) is 3.08. The molecule has 0 heterocycles. The lowest BCUT2D eigenvalue weighted by molar-refractivity contribution is -0.941. The second-order valence-corrected chi connectivity index (χ2v) is 14.6. The van der Waals surface area contributed by atoms with Crippen molar-refractivity contribution in [3.63, 3.8) is 0 Å². The molecule has 0 aliphatic carbocycles. The van der Waals surface area contributed by atoms with Gasteiger partial charge in [0.1, 0.15) is 39.3 Å². The fourth-order valence-corrected chi connectivity index (χ4v) is 7.54. The zero-order valence-corrected chi connectivity index (χ0v) is 33.4. The van der Waals surface area contributed by atoms with Gasteiger partial charge >= 0.3 is 0 Å². The highest BCUT2D eigenvalue weighted by atomic mass is 35.5. The quantitative estimate of drug-likeness (QED) is 0.0707. The summed E-state index contributed by atoms with van der Waals surface area (Å²) < 4.78 is 1.47. The van der Waals surface area contributed by atoms with Crippen LogP contribution in [0.3, 0.4) is 0 Å². The molecule has 0 atom stereocenters. The Balaban J connectivity index is 0.0000120. The topological polar surface area (TPSA) is 80.9 Å².